The standard InChI is InChI=1S/C13H19F3N4O2/c1-18-8-17-20(12(18)22)7-11(21)19(2)10-6-4-3-5-9(10)13(14,15)16/h8-10H,3-7H2,1-2H3/t9-,10+/m1/s1. The molecule has 1 aliphatic rings. The van der Waals surface area contributed by atoms with Crippen LogP contribution in [0.15, 0.2) is 11.1 Å². The van der Waals surface area contributed by atoms with E-state index in [1.54, 1.807) is 0 Å². The summed E-state index contributed by atoms with van der Waals surface area (Å²) in [6.45, 7) is -0.350. The minimum Gasteiger partial charge on any atom is -0.341 e. The van der Waals surface area contributed by atoms with Crippen LogP contribution in [0.25, 0.3) is 0 Å². The molecule has 6 nitrogen and oxygen atoms in total. The van der Waals surface area contributed by atoms with Crippen molar-refractivity contribution in [3.63, 3.8) is 0 Å². The Bertz CT molecular complexity index is 593. The van der Waals surface area contributed by atoms with Gasteiger partial charge in [0.05, 0.1) is 5.92 Å². The Morgan fingerprint density at radius 1 is 1.41 bits per heavy atom. The summed E-state index contributed by atoms with van der Waals surface area (Å²) in [6, 6.07) is -0.874. The number of hydrogen-bond acceptors (Lipinski definition) is 3. The molecule has 0 spiro atoms. The molecule has 1 aliphatic carbocycles. The van der Waals surface area contributed by atoms with Crippen LogP contribution in [0.5, 0.6) is 0 Å². The van der Waals surface area contributed by atoms with Crippen molar-refractivity contribution in [1.29, 1.82) is 0 Å². The van der Waals surface area contributed by atoms with Crippen LogP contribution in [-0.4, -0.2) is 44.4 Å². The fourth-order valence-electron chi connectivity index (χ4n) is 2.91. The Morgan fingerprint density at radius 2 is 2.05 bits per heavy atom. The minimum atomic E-state index is -4.32. The third kappa shape index (κ3) is 3.33. The summed E-state index contributed by atoms with van der Waals surface area (Å²) in [7, 11) is 2.85. The van der Waals surface area contributed by atoms with Gasteiger partial charge in [-0.2, -0.15) is 18.3 Å². The van der Waals surface area contributed by atoms with E-state index in [4.69, 9.17) is 0 Å². The third-order valence-corrected chi connectivity index (χ3v) is 4.21. The summed E-state index contributed by atoms with van der Waals surface area (Å²) in [4.78, 5) is 25.0. The van der Waals surface area contributed by atoms with Gasteiger partial charge in [-0.3, -0.25) is 9.36 Å². The first-order valence-electron chi connectivity index (χ1n) is 7.12. The van der Waals surface area contributed by atoms with Crippen LogP contribution in [-0.2, 0) is 18.4 Å². The summed E-state index contributed by atoms with van der Waals surface area (Å²) < 4.78 is 41.5. The van der Waals surface area contributed by atoms with Crippen molar-refractivity contribution in [2.75, 3.05) is 7.05 Å². The molecule has 1 fully saturated rings. The molecule has 0 unspecified atom stereocenters. The van der Waals surface area contributed by atoms with Gasteiger partial charge >= 0.3 is 11.9 Å². The fraction of sp³-hybridized carbons (Fsp3) is 0.769. The summed E-state index contributed by atoms with van der Waals surface area (Å²) in [5.74, 6) is -2.04. The zero-order chi connectivity index (χ0) is 16.5. The molecule has 1 heterocycles. The van der Waals surface area contributed by atoms with Gasteiger partial charge in [0.25, 0.3) is 0 Å². The highest BCUT2D eigenvalue weighted by molar-refractivity contribution is 5.76. The molecule has 9 heteroatoms. The normalized spacial score (nSPS) is 22.6. The summed E-state index contributed by atoms with van der Waals surface area (Å²) in [6.07, 6.45) is -1.52. The first-order valence-corrected chi connectivity index (χ1v) is 7.12. The maximum absolute atomic E-state index is 13.1. The van der Waals surface area contributed by atoms with E-state index < -0.39 is 29.7 Å². The number of alkyl halides is 3. The second kappa shape index (κ2) is 6.13. The monoisotopic (exact) mass is 320 g/mol. The molecule has 0 saturated heterocycles. The highest BCUT2D eigenvalue weighted by Gasteiger charge is 2.47. The fourth-order valence-corrected chi connectivity index (χ4v) is 2.91. The highest BCUT2D eigenvalue weighted by Crippen LogP contribution is 2.39. The van der Waals surface area contributed by atoms with Gasteiger partial charge in [-0.1, -0.05) is 12.8 Å². The molecule has 1 aromatic heterocycles. The van der Waals surface area contributed by atoms with Crippen LogP contribution in [0.3, 0.4) is 0 Å². The highest BCUT2D eigenvalue weighted by atomic mass is 19.4. The number of halogens is 3. The van der Waals surface area contributed by atoms with Gasteiger partial charge in [0, 0.05) is 20.1 Å². The molecule has 0 N–H and O–H groups in total. The van der Waals surface area contributed by atoms with Gasteiger partial charge in [-0.05, 0) is 12.8 Å². The molecular weight excluding hydrogens is 301 g/mol. The molecule has 2 atom stereocenters. The zero-order valence-corrected chi connectivity index (χ0v) is 12.5. The molecule has 1 aromatic rings. The predicted octanol–water partition coefficient (Wildman–Crippen LogP) is 1.16. The van der Waals surface area contributed by atoms with E-state index in [1.807, 2.05) is 0 Å². The lowest BCUT2D eigenvalue weighted by Gasteiger charge is -2.38. The number of aromatic nitrogens is 3. The molecule has 1 amide bonds. The van der Waals surface area contributed by atoms with Gasteiger partial charge in [-0.15, -0.1) is 0 Å². The molecule has 22 heavy (non-hydrogen) atoms. The van der Waals surface area contributed by atoms with Crippen molar-refractivity contribution in [2.45, 2.75) is 44.4 Å². The molecule has 0 radical (unpaired) electrons. The Balaban J connectivity index is 2.11. The first kappa shape index (κ1) is 16.6. The number of aryl methyl sites for hydroxylation is 1. The topological polar surface area (TPSA) is 60.1 Å². The quantitative estimate of drug-likeness (QED) is 0.840. The number of carbonyl (C=O) groups excluding carboxylic acids is 1. The van der Waals surface area contributed by atoms with E-state index in [0.29, 0.717) is 19.3 Å². The predicted molar refractivity (Wildman–Crippen MR) is 72.0 cm³/mol. The lowest BCUT2D eigenvalue weighted by molar-refractivity contribution is -0.199. The molecule has 1 saturated carbocycles. The molecular formula is C13H19F3N4O2. The van der Waals surface area contributed by atoms with Crippen LogP contribution in [0.2, 0.25) is 0 Å². The van der Waals surface area contributed by atoms with Gasteiger partial charge in [0.2, 0.25) is 5.91 Å². The average Bonchev–Trinajstić information content (AvgIpc) is 2.77. The maximum atomic E-state index is 13.1. The zero-order valence-electron chi connectivity index (χ0n) is 12.5. The number of likely N-dealkylation sites (N-methyl/N-ethyl adjacent to an activating group) is 1. The summed E-state index contributed by atoms with van der Waals surface area (Å²) in [5, 5.41) is 3.75. The maximum Gasteiger partial charge on any atom is 0.393 e. The Hall–Kier alpha value is -1.80. The Kier molecular flexibility index (Phi) is 4.62. The van der Waals surface area contributed by atoms with Crippen molar-refractivity contribution in [1.82, 2.24) is 19.2 Å². The van der Waals surface area contributed by atoms with E-state index in [0.717, 1.165) is 9.58 Å². The molecule has 2 rings (SSSR count). The second-order valence-corrected chi connectivity index (χ2v) is 5.69. The smallest absolute Gasteiger partial charge is 0.341 e. The second-order valence-electron chi connectivity index (χ2n) is 5.69. The minimum absolute atomic E-state index is 0.0370. The lowest BCUT2D eigenvalue weighted by Crippen LogP contribution is -2.49. The Labute approximate surface area is 125 Å². The largest absolute Gasteiger partial charge is 0.393 e. The molecule has 124 valence electrons. The molecule has 0 bridgehead atoms. The van der Waals surface area contributed by atoms with Gasteiger partial charge in [-0.25, -0.2) is 9.48 Å². The van der Waals surface area contributed by atoms with E-state index in [1.165, 1.54) is 25.0 Å². The van der Waals surface area contributed by atoms with Crippen LogP contribution in [0, 0.1) is 5.92 Å². The van der Waals surface area contributed by atoms with E-state index in [2.05, 4.69) is 5.10 Å². The van der Waals surface area contributed by atoms with E-state index in [9.17, 15) is 22.8 Å². The summed E-state index contributed by atoms with van der Waals surface area (Å²) in [5.41, 5.74) is -0.474. The Morgan fingerprint density at radius 3 is 2.59 bits per heavy atom. The summed E-state index contributed by atoms with van der Waals surface area (Å²) >= 11 is 0. The van der Waals surface area contributed by atoms with Crippen molar-refractivity contribution in [3.8, 4) is 0 Å². The first-order chi connectivity index (χ1) is 10.2. The number of carbonyl (C=O) groups is 1. The number of hydrogen-bond donors (Lipinski definition) is 0. The SMILES string of the molecule is CN(C(=O)Cn1ncn(C)c1=O)[C@H]1CCCC[C@H]1C(F)(F)F. The van der Waals surface area contributed by atoms with Crippen molar-refractivity contribution in [2.24, 2.45) is 13.0 Å². The van der Waals surface area contributed by atoms with E-state index in [-0.39, 0.29) is 13.0 Å². The number of nitrogens with zero attached hydrogens (tertiary/aromatic N) is 4. The molecule has 0 aliphatic heterocycles. The van der Waals surface area contributed by atoms with Crippen LogP contribution in [0.1, 0.15) is 25.7 Å². The van der Waals surface area contributed by atoms with Gasteiger partial charge in [0.1, 0.15) is 12.9 Å². The van der Waals surface area contributed by atoms with Crippen molar-refractivity contribution < 1.29 is 18.0 Å². The van der Waals surface area contributed by atoms with Crippen LogP contribution >= 0.6 is 0 Å². The average molecular weight is 320 g/mol. The molecule has 0 aromatic carbocycles. The van der Waals surface area contributed by atoms with Gasteiger partial charge in [0.15, 0.2) is 0 Å². The number of rotatable bonds is 3. The lowest BCUT2D eigenvalue weighted by atomic mass is 9.83. The number of amides is 1. The van der Waals surface area contributed by atoms with Crippen LogP contribution in [0.4, 0.5) is 13.2 Å². The van der Waals surface area contributed by atoms with Crippen molar-refractivity contribution in [3.05, 3.63) is 16.8 Å². The van der Waals surface area contributed by atoms with Gasteiger partial charge < -0.3 is 4.90 Å². The van der Waals surface area contributed by atoms with Crippen molar-refractivity contribution >= 4 is 5.91 Å². The van der Waals surface area contributed by atoms with E-state index >= 15 is 0 Å². The third-order valence-electron chi connectivity index (χ3n) is 4.21. The van der Waals surface area contributed by atoms with Crippen LogP contribution < -0.4 is 5.69 Å².